The van der Waals surface area contributed by atoms with Crippen LogP contribution in [0.25, 0.3) is 0 Å². The topological polar surface area (TPSA) is 17.1 Å². The number of benzene rings is 1. The van der Waals surface area contributed by atoms with Gasteiger partial charge in [-0.2, -0.15) is 0 Å². The highest BCUT2D eigenvalue weighted by molar-refractivity contribution is 7.84. The molecule has 0 heterocycles. The van der Waals surface area contributed by atoms with Gasteiger partial charge >= 0.3 is 0 Å². The van der Waals surface area contributed by atoms with Crippen LogP contribution in [0.1, 0.15) is 27.7 Å². The molecule has 76 valence electrons. The first kappa shape index (κ1) is 14.9. The summed E-state index contributed by atoms with van der Waals surface area (Å²) in [5.74, 6) is 0. The highest BCUT2D eigenvalue weighted by Crippen LogP contribution is 2.01. The van der Waals surface area contributed by atoms with Gasteiger partial charge in [0.05, 0.1) is 0 Å². The van der Waals surface area contributed by atoms with E-state index < -0.39 is 10.8 Å². The Morgan fingerprint density at radius 2 is 1.31 bits per heavy atom. The van der Waals surface area contributed by atoms with E-state index in [1.165, 1.54) is 0 Å². The fraction of sp³-hybridized carbons (Fsp3) is 0.455. The minimum Gasteiger partial charge on any atom is -0.255 e. The summed E-state index contributed by atoms with van der Waals surface area (Å²) >= 11 is 0. The number of rotatable bonds is 1. The summed E-state index contributed by atoms with van der Waals surface area (Å²) in [7, 11) is -0.829. The summed E-state index contributed by atoms with van der Waals surface area (Å²) in [6.45, 7) is 8.00. The Morgan fingerprint density at radius 3 is 1.54 bits per heavy atom. The molecule has 1 rings (SSSR count). The molecule has 2 heteroatoms. The molecule has 1 atom stereocenters. The van der Waals surface area contributed by atoms with Gasteiger partial charge in [-0.25, -0.2) is 0 Å². The van der Waals surface area contributed by atoms with Crippen molar-refractivity contribution in [3.05, 3.63) is 30.3 Å². The monoisotopic (exact) mass is 200 g/mol. The SMILES string of the molecule is CC.CC.CS(=O)c1ccccc1. The van der Waals surface area contributed by atoms with Crippen LogP contribution in [0.2, 0.25) is 0 Å². The molecule has 1 aromatic carbocycles. The Hall–Kier alpha value is -0.630. The van der Waals surface area contributed by atoms with Crippen LogP contribution >= 0.6 is 0 Å². The highest BCUT2D eigenvalue weighted by Gasteiger charge is 1.90. The lowest BCUT2D eigenvalue weighted by atomic mass is 10.4. The normalized spacial score (nSPS) is 9.92. The molecule has 0 aromatic heterocycles. The second kappa shape index (κ2) is 11.4. The van der Waals surface area contributed by atoms with Gasteiger partial charge in [-0.15, -0.1) is 0 Å². The van der Waals surface area contributed by atoms with Crippen LogP contribution in [-0.4, -0.2) is 10.5 Å². The molecule has 1 unspecified atom stereocenters. The van der Waals surface area contributed by atoms with E-state index in [1.54, 1.807) is 6.26 Å². The number of hydrogen-bond donors (Lipinski definition) is 0. The van der Waals surface area contributed by atoms with Crippen molar-refractivity contribution < 1.29 is 4.21 Å². The quantitative estimate of drug-likeness (QED) is 0.678. The van der Waals surface area contributed by atoms with Crippen molar-refractivity contribution in [2.75, 3.05) is 6.26 Å². The molecule has 0 aliphatic carbocycles. The minimum absolute atomic E-state index is 0.829. The Morgan fingerprint density at radius 1 is 0.923 bits per heavy atom. The molecular formula is C11H20OS. The zero-order valence-electron chi connectivity index (χ0n) is 9.20. The fourth-order valence-corrected chi connectivity index (χ4v) is 1.15. The zero-order valence-corrected chi connectivity index (χ0v) is 10.0. The predicted octanol–water partition coefficient (Wildman–Crippen LogP) is 3.48. The lowest BCUT2D eigenvalue weighted by Crippen LogP contribution is -1.83. The molecule has 1 nitrogen and oxygen atoms in total. The van der Waals surface area contributed by atoms with E-state index in [0.717, 1.165) is 4.90 Å². The molecule has 0 radical (unpaired) electrons. The van der Waals surface area contributed by atoms with Gasteiger partial charge in [0.1, 0.15) is 0 Å². The van der Waals surface area contributed by atoms with Gasteiger partial charge in [0.2, 0.25) is 0 Å². The van der Waals surface area contributed by atoms with Crippen LogP contribution in [0.5, 0.6) is 0 Å². The second-order valence-corrected chi connectivity index (χ2v) is 3.15. The standard InChI is InChI=1S/C7H8OS.2C2H6/c1-9(8)7-5-3-2-4-6-7;2*1-2/h2-6H,1H3;2*1-2H3. The molecule has 0 saturated carbocycles. The summed E-state index contributed by atoms with van der Waals surface area (Å²) in [5, 5.41) is 0. The van der Waals surface area contributed by atoms with E-state index in [-0.39, 0.29) is 0 Å². The maximum absolute atomic E-state index is 10.8. The van der Waals surface area contributed by atoms with Crippen molar-refractivity contribution in [1.82, 2.24) is 0 Å². The average Bonchev–Trinajstić information content (AvgIpc) is 2.25. The molecule has 0 aliphatic rings. The van der Waals surface area contributed by atoms with E-state index in [9.17, 15) is 4.21 Å². The Kier molecular flexibility index (Phi) is 13.0. The van der Waals surface area contributed by atoms with Crippen molar-refractivity contribution in [3.63, 3.8) is 0 Å². The Labute approximate surface area is 84.6 Å². The maximum Gasteiger partial charge on any atom is 0.0498 e. The van der Waals surface area contributed by atoms with E-state index >= 15 is 0 Å². The van der Waals surface area contributed by atoms with Crippen LogP contribution in [0.4, 0.5) is 0 Å². The van der Waals surface area contributed by atoms with Gasteiger partial charge in [0, 0.05) is 22.0 Å². The third-order valence-electron chi connectivity index (χ3n) is 1.08. The Balaban J connectivity index is 0. The smallest absolute Gasteiger partial charge is 0.0498 e. The van der Waals surface area contributed by atoms with Crippen LogP contribution in [-0.2, 0) is 10.8 Å². The van der Waals surface area contributed by atoms with Crippen molar-refractivity contribution in [3.8, 4) is 0 Å². The molecule has 0 bridgehead atoms. The van der Waals surface area contributed by atoms with Gasteiger partial charge in [0.15, 0.2) is 0 Å². The second-order valence-electron chi connectivity index (χ2n) is 1.77. The van der Waals surface area contributed by atoms with Crippen molar-refractivity contribution in [2.24, 2.45) is 0 Å². The average molecular weight is 200 g/mol. The van der Waals surface area contributed by atoms with E-state index in [1.807, 2.05) is 58.0 Å². The van der Waals surface area contributed by atoms with E-state index in [2.05, 4.69) is 0 Å². The van der Waals surface area contributed by atoms with Gasteiger partial charge < -0.3 is 0 Å². The van der Waals surface area contributed by atoms with Crippen molar-refractivity contribution in [2.45, 2.75) is 32.6 Å². The Bertz CT molecular complexity index is 207. The third kappa shape index (κ3) is 7.72. The predicted molar refractivity (Wildman–Crippen MR) is 61.5 cm³/mol. The van der Waals surface area contributed by atoms with Gasteiger partial charge in [0.25, 0.3) is 0 Å². The zero-order chi connectivity index (χ0) is 10.7. The molecule has 1 aromatic rings. The molecule has 13 heavy (non-hydrogen) atoms. The largest absolute Gasteiger partial charge is 0.255 e. The summed E-state index contributed by atoms with van der Waals surface area (Å²) in [6.07, 6.45) is 1.68. The number of hydrogen-bond acceptors (Lipinski definition) is 1. The van der Waals surface area contributed by atoms with E-state index in [0.29, 0.717) is 0 Å². The van der Waals surface area contributed by atoms with E-state index in [4.69, 9.17) is 0 Å². The molecule has 0 N–H and O–H groups in total. The molecule has 0 aliphatic heterocycles. The first-order valence-electron chi connectivity index (χ1n) is 4.69. The first-order valence-corrected chi connectivity index (χ1v) is 6.25. The van der Waals surface area contributed by atoms with Gasteiger partial charge in [-0.1, -0.05) is 45.9 Å². The molecule has 0 amide bonds. The first-order chi connectivity index (χ1) is 6.30. The fourth-order valence-electron chi connectivity index (χ4n) is 0.612. The summed E-state index contributed by atoms with van der Waals surface area (Å²) in [5.41, 5.74) is 0. The lowest BCUT2D eigenvalue weighted by Gasteiger charge is -1.90. The highest BCUT2D eigenvalue weighted by atomic mass is 32.2. The van der Waals surface area contributed by atoms with Crippen molar-refractivity contribution in [1.29, 1.82) is 0 Å². The molecule has 0 spiro atoms. The van der Waals surface area contributed by atoms with Crippen LogP contribution < -0.4 is 0 Å². The van der Waals surface area contributed by atoms with Gasteiger partial charge in [-0.3, -0.25) is 4.21 Å². The van der Waals surface area contributed by atoms with Gasteiger partial charge in [-0.05, 0) is 12.1 Å². The van der Waals surface area contributed by atoms with Crippen LogP contribution in [0.15, 0.2) is 35.2 Å². The van der Waals surface area contributed by atoms with Crippen LogP contribution in [0, 0.1) is 0 Å². The summed E-state index contributed by atoms with van der Waals surface area (Å²) < 4.78 is 10.8. The molecule has 0 fully saturated rings. The maximum atomic E-state index is 10.8. The molecule has 0 saturated heterocycles. The van der Waals surface area contributed by atoms with Crippen LogP contribution in [0.3, 0.4) is 0 Å². The summed E-state index contributed by atoms with van der Waals surface area (Å²) in [4.78, 5) is 0.887. The minimum atomic E-state index is -0.829. The third-order valence-corrected chi connectivity index (χ3v) is 2.01. The van der Waals surface area contributed by atoms with Crippen molar-refractivity contribution >= 4 is 10.8 Å². The summed E-state index contributed by atoms with van der Waals surface area (Å²) in [6, 6.07) is 9.40. The lowest BCUT2D eigenvalue weighted by molar-refractivity contribution is 0.687. The molecular weight excluding hydrogens is 180 g/mol.